The van der Waals surface area contributed by atoms with Crippen molar-refractivity contribution in [1.82, 2.24) is 25.2 Å². The quantitative estimate of drug-likeness (QED) is 0.366. The van der Waals surface area contributed by atoms with Crippen LogP contribution in [-0.2, 0) is 13.1 Å². The molecule has 1 aromatic carbocycles. The normalized spacial score (nSPS) is 11.7. The van der Waals surface area contributed by atoms with Crippen LogP contribution in [0, 0.1) is 20.8 Å². The lowest BCUT2D eigenvalue weighted by Gasteiger charge is -2.15. The molecular formula is C22H30N6O. The van der Waals surface area contributed by atoms with Gasteiger partial charge in [0, 0.05) is 37.5 Å². The molecule has 0 spiro atoms. The number of ether oxygens (including phenoxy) is 1. The smallest absolute Gasteiger partial charge is 0.191 e. The van der Waals surface area contributed by atoms with Crippen molar-refractivity contribution in [3.63, 3.8) is 0 Å². The molecule has 0 atom stereocenters. The van der Waals surface area contributed by atoms with E-state index in [2.05, 4.69) is 55.3 Å². The van der Waals surface area contributed by atoms with E-state index in [1.54, 1.807) is 14.2 Å². The van der Waals surface area contributed by atoms with Crippen LogP contribution in [-0.4, -0.2) is 41.2 Å². The fraction of sp³-hybridized carbons (Fsp3) is 0.409. The van der Waals surface area contributed by atoms with E-state index in [9.17, 15) is 0 Å². The molecule has 0 aliphatic carbocycles. The van der Waals surface area contributed by atoms with Crippen LogP contribution in [0.3, 0.4) is 0 Å². The Bertz CT molecular complexity index is 1010. The van der Waals surface area contributed by atoms with Crippen molar-refractivity contribution in [2.75, 3.05) is 20.7 Å². The zero-order valence-corrected chi connectivity index (χ0v) is 17.9. The maximum Gasteiger partial charge on any atom is 0.191 e. The van der Waals surface area contributed by atoms with Gasteiger partial charge in [-0.05, 0) is 39.3 Å². The molecule has 0 saturated carbocycles. The number of guanidine groups is 1. The van der Waals surface area contributed by atoms with E-state index in [0.29, 0.717) is 6.54 Å². The molecule has 3 aromatic rings. The van der Waals surface area contributed by atoms with Gasteiger partial charge >= 0.3 is 0 Å². The third-order valence-electron chi connectivity index (χ3n) is 5.09. The first kappa shape index (κ1) is 20.6. The lowest BCUT2D eigenvalue weighted by atomic mass is 10.1. The molecule has 0 bridgehead atoms. The highest BCUT2D eigenvalue weighted by molar-refractivity contribution is 5.79. The van der Waals surface area contributed by atoms with Gasteiger partial charge in [-0.3, -0.25) is 9.98 Å². The van der Waals surface area contributed by atoms with Crippen molar-refractivity contribution in [3.05, 3.63) is 53.1 Å². The average Bonchev–Trinajstić information content (AvgIpc) is 3.04. The summed E-state index contributed by atoms with van der Waals surface area (Å²) in [6.07, 6.45) is 2.81. The second-order valence-electron chi connectivity index (χ2n) is 7.05. The molecule has 0 aliphatic rings. The number of imidazole rings is 1. The minimum Gasteiger partial charge on any atom is -0.496 e. The number of hydrogen-bond donors (Lipinski definition) is 2. The molecule has 0 radical (unpaired) electrons. The summed E-state index contributed by atoms with van der Waals surface area (Å²) >= 11 is 0. The second-order valence-corrected chi connectivity index (χ2v) is 7.05. The fourth-order valence-corrected chi connectivity index (χ4v) is 3.56. The molecule has 3 rings (SSSR count). The van der Waals surface area contributed by atoms with Gasteiger partial charge in [-0.2, -0.15) is 0 Å². The molecule has 2 heterocycles. The minimum absolute atomic E-state index is 0.591. The number of nitrogens with one attached hydrogen (secondary N) is 2. The van der Waals surface area contributed by atoms with Gasteiger partial charge < -0.3 is 19.9 Å². The van der Waals surface area contributed by atoms with Gasteiger partial charge in [-0.25, -0.2) is 4.98 Å². The van der Waals surface area contributed by atoms with E-state index < -0.39 is 0 Å². The van der Waals surface area contributed by atoms with Gasteiger partial charge in [-0.1, -0.05) is 12.1 Å². The van der Waals surface area contributed by atoms with Gasteiger partial charge in [0.15, 0.2) is 5.96 Å². The molecule has 154 valence electrons. The van der Waals surface area contributed by atoms with Crippen molar-refractivity contribution in [3.8, 4) is 5.75 Å². The zero-order chi connectivity index (χ0) is 20.8. The summed E-state index contributed by atoms with van der Waals surface area (Å²) in [5.41, 5.74) is 5.28. The third kappa shape index (κ3) is 4.67. The van der Waals surface area contributed by atoms with Crippen LogP contribution in [0.4, 0.5) is 0 Å². The number of aliphatic imine (C=N–C) groups is 1. The number of rotatable bonds is 7. The van der Waals surface area contributed by atoms with Gasteiger partial charge in [0.1, 0.15) is 11.6 Å². The average molecular weight is 395 g/mol. The second kappa shape index (κ2) is 9.41. The van der Waals surface area contributed by atoms with Crippen LogP contribution in [0.5, 0.6) is 5.75 Å². The van der Waals surface area contributed by atoms with Gasteiger partial charge in [0.25, 0.3) is 0 Å². The maximum atomic E-state index is 5.48. The predicted molar refractivity (Wildman–Crippen MR) is 118 cm³/mol. The number of aryl methyl sites for hydroxylation is 3. The maximum absolute atomic E-state index is 5.48. The highest BCUT2D eigenvalue weighted by atomic mass is 16.5. The first-order valence-electron chi connectivity index (χ1n) is 9.90. The highest BCUT2D eigenvalue weighted by Gasteiger charge is 2.10. The van der Waals surface area contributed by atoms with Crippen molar-refractivity contribution < 1.29 is 4.74 Å². The van der Waals surface area contributed by atoms with Crippen molar-refractivity contribution in [1.29, 1.82) is 0 Å². The summed E-state index contributed by atoms with van der Waals surface area (Å²) in [6, 6.07) is 8.25. The summed E-state index contributed by atoms with van der Waals surface area (Å²) in [5.74, 6) is 2.70. The van der Waals surface area contributed by atoms with E-state index in [0.717, 1.165) is 59.4 Å². The number of hydrogen-bond acceptors (Lipinski definition) is 4. The summed E-state index contributed by atoms with van der Waals surface area (Å²) in [5, 5.41) is 6.71. The topological polar surface area (TPSA) is 76.4 Å². The van der Waals surface area contributed by atoms with Gasteiger partial charge in [-0.15, -0.1) is 0 Å². The summed E-state index contributed by atoms with van der Waals surface area (Å²) in [4.78, 5) is 13.5. The van der Waals surface area contributed by atoms with Gasteiger partial charge in [0.05, 0.1) is 30.4 Å². The van der Waals surface area contributed by atoms with E-state index in [1.807, 2.05) is 26.1 Å². The number of para-hydroxylation sites is 2. The van der Waals surface area contributed by atoms with Crippen molar-refractivity contribution >= 4 is 17.0 Å². The van der Waals surface area contributed by atoms with Crippen LogP contribution in [0.2, 0.25) is 0 Å². The predicted octanol–water partition coefficient (Wildman–Crippen LogP) is 3.12. The molecule has 2 N–H and O–H groups in total. The molecule has 0 aliphatic heterocycles. The van der Waals surface area contributed by atoms with Crippen LogP contribution in [0.25, 0.3) is 11.0 Å². The number of nitrogens with zero attached hydrogens (tertiary/aromatic N) is 4. The number of pyridine rings is 1. The standard InChI is InChI=1S/C22H30N6O/c1-15-13-25-19(16(2)21(15)29-5)14-26-22(23-4)24-11-8-12-28-17(3)27-18-9-6-7-10-20(18)28/h6-7,9-10,13H,8,11-12,14H2,1-5H3,(H2,23,24,26). The minimum atomic E-state index is 0.591. The largest absolute Gasteiger partial charge is 0.496 e. The molecule has 2 aromatic heterocycles. The molecule has 0 amide bonds. The van der Waals surface area contributed by atoms with E-state index in [4.69, 9.17) is 4.74 Å². The molecular weight excluding hydrogens is 364 g/mol. The lowest BCUT2D eigenvalue weighted by molar-refractivity contribution is 0.406. The van der Waals surface area contributed by atoms with Crippen LogP contribution >= 0.6 is 0 Å². The zero-order valence-electron chi connectivity index (χ0n) is 17.9. The SMILES string of the molecule is CN=C(NCCCn1c(C)nc2ccccc21)NCc1ncc(C)c(OC)c1C. The Kier molecular flexibility index (Phi) is 6.69. The summed E-state index contributed by atoms with van der Waals surface area (Å²) in [6.45, 7) is 8.40. The van der Waals surface area contributed by atoms with Crippen LogP contribution in [0.15, 0.2) is 35.5 Å². The summed E-state index contributed by atoms with van der Waals surface area (Å²) < 4.78 is 7.75. The highest BCUT2D eigenvalue weighted by Crippen LogP contribution is 2.23. The van der Waals surface area contributed by atoms with E-state index >= 15 is 0 Å². The Hall–Kier alpha value is -3.09. The molecule has 7 heteroatoms. The molecule has 0 saturated heterocycles. The molecule has 0 unspecified atom stereocenters. The third-order valence-corrected chi connectivity index (χ3v) is 5.09. The van der Waals surface area contributed by atoms with E-state index in [1.165, 1.54) is 5.52 Å². The first-order chi connectivity index (χ1) is 14.0. The molecule has 7 nitrogen and oxygen atoms in total. The van der Waals surface area contributed by atoms with Crippen molar-refractivity contribution in [2.24, 2.45) is 4.99 Å². The lowest BCUT2D eigenvalue weighted by Crippen LogP contribution is -2.37. The Morgan fingerprint density at radius 3 is 2.72 bits per heavy atom. The van der Waals surface area contributed by atoms with Crippen molar-refractivity contribution in [2.45, 2.75) is 40.3 Å². The fourth-order valence-electron chi connectivity index (χ4n) is 3.56. The van der Waals surface area contributed by atoms with Gasteiger partial charge in [0.2, 0.25) is 0 Å². The van der Waals surface area contributed by atoms with Crippen LogP contribution < -0.4 is 15.4 Å². The monoisotopic (exact) mass is 394 g/mol. The van der Waals surface area contributed by atoms with E-state index in [-0.39, 0.29) is 0 Å². The summed E-state index contributed by atoms with van der Waals surface area (Å²) in [7, 11) is 3.47. The molecule has 29 heavy (non-hydrogen) atoms. The Labute approximate surface area is 172 Å². The number of benzene rings is 1. The molecule has 0 fully saturated rings. The van der Waals surface area contributed by atoms with Crippen LogP contribution in [0.1, 0.15) is 29.1 Å². The Balaban J connectivity index is 1.52. The number of methoxy groups -OCH3 is 1. The number of fused-ring (bicyclic) bond motifs is 1. The first-order valence-corrected chi connectivity index (χ1v) is 9.90. The Morgan fingerprint density at radius 1 is 1.17 bits per heavy atom. The number of aromatic nitrogens is 3. The Morgan fingerprint density at radius 2 is 1.97 bits per heavy atom.